The molecule has 1 saturated heterocycles. The number of likely N-dealkylation sites (tertiary alicyclic amines) is 1. The Labute approximate surface area is 143 Å². The van der Waals surface area contributed by atoms with Crippen LogP contribution in [0.4, 0.5) is 0 Å². The molecule has 2 amide bonds. The summed E-state index contributed by atoms with van der Waals surface area (Å²) < 4.78 is 5.39. The van der Waals surface area contributed by atoms with Crippen LogP contribution in [0.2, 0.25) is 0 Å². The number of nitrogens with one attached hydrogen (secondary N) is 1. The molecule has 5 nitrogen and oxygen atoms in total. The summed E-state index contributed by atoms with van der Waals surface area (Å²) in [6.07, 6.45) is 5.31. The highest BCUT2D eigenvalue weighted by atomic mass is 16.5. The van der Waals surface area contributed by atoms with Crippen LogP contribution in [0.3, 0.4) is 0 Å². The van der Waals surface area contributed by atoms with E-state index in [0.717, 1.165) is 31.2 Å². The van der Waals surface area contributed by atoms with Crippen molar-refractivity contribution in [2.75, 3.05) is 27.3 Å². The van der Waals surface area contributed by atoms with E-state index in [9.17, 15) is 9.59 Å². The number of hydrogen-bond donors (Lipinski definition) is 1. The quantitative estimate of drug-likeness (QED) is 0.897. The highest BCUT2D eigenvalue weighted by Gasteiger charge is 2.45. The second kappa shape index (κ2) is 6.93. The van der Waals surface area contributed by atoms with Gasteiger partial charge in [0.1, 0.15) is 0 Å². The maximum absolute atomic E-state index is 13.1. The first-order chi connectivity index (χ1) is 11.6. The lowest BCUT2D eigenvalue weighted by Crippen LogP contribution is -2.52. The van der Waals surface area contributed by atoms with Crippen LogP contribution in [0.1, 0.15) is 47.2 Å². The zero-order chi connectivity index (χ0) is 17.2. The van der Waals surface area contributed by atoms with Gasteiger partial charge in [-0.3, -0.25) is 9.59 Å². The van der Waals surface area contributed by atoms with E-state index in [1.807, 2.05) is 17.0 Å². The van der Waals surface area contributed by atoms with Crippen molar-refractivity contribution in [3.63, 3.8) is 0 Å². The SMILES string of the molecule is CNC(=O)C[C@@]1(COC)CCCN1C(=O)c1ccc2c(c1)CCC2. The van der Waals surface area contributed by atoms with Gasteiger partial charge in [-0.2, -0.15) is 0 Å². The van der Waals surface area contributed by atoms with Crippen LogP contribution >= 0.6 is 0 Å². The lowest BCUT2D eigenvalue weighted by Gasteiger charge is -2.37. The normalized spacial score (nSPS) is 22.5. The van der Waals surface area contributed by atoms with Crippen LogP contribution in [-0.4, -0.2) is 49.6 Å². The molecule has 1 aliphatic heterocycles. The molecule has 5 heteroatoms. The lowest BCUT2D eigenvalue weighted by molar-refractivity contribution is -0.123. The summed E-state index contributed by atoms with van der Waals surface area (Å²) in [6.45, 7) is 1.06. The predicted octanol–water partition coefficient (Wildman–Crippen LogP) is 1.93. The topological polar surface area (TPSA) is 58.6 Å². The maximum atomic E-state index is 13.1. The third-order valence-electron chi connectivity index (χ3n) is 5.37. The van der Waals surface area contributed by atoms with Crippen LogP contribution in [0.15, 0.2) is 18.2 Å². The number of methoxy groups -OCH3 is 1. The Morgan fingerprint density at radius 1 is 1.25 bits per heavy atom. The molecule has 0 radical (unpaired) electrons. The van der Waals surface area contributed by atoms with Gasteiger partial charge in [0.15, 0.2) is 0 Å². The van der Waals surface area contributed by atoms with Gasteiger partial charge in [0, 0.05) is 26.3 Å². The fraction of sp³-hybridized carbons (Fsp3) is 0.579. The van der Waals surface area contributed by atoms with E-state index in [0.29, 0.717) is 13.2 Å². The fourth-order valence-electron chi connectivity index (χ4n) is 4.16. The number of hydrogen-bond acceptors (Lipinski definition) is 3. The van der Waals surface area contributed by atoms with E-state index in [4.69, 9.17) is 4.74 Å². The van der Waals surface area contributed by atoms with Gasteiger partial charge in [0.25, 0.3) is 5.91 Å². The van der Waals surface area contributed by atoms with Crippen molar-refractivity contribution in [3.8, 4) is 0 Å². The molecular weight excluding hydrogens is 304 g/mol. The molecule has 0 spiro atoms. The van der Waals surface area contributed by atoms with E-state index in [-0.39, 0.29) is 18.2 Å². The number of carbonyl (C=O) groups excluding carboxylic acids is 2. The standard InChI is InChI=1S/C19H26N2O3/c1-20-17(22)12-19(13-24-2)9-4-10-21(19)18(23)16-8-7-14-5-3-6-15(14)11-16/h7-8,11H,3-6,9-10,12-13H2,1-2H3,(H,20,22)/t19-/m1/s1. The lowest BCUT2D eigenvalue weighted by atomic mass is 9.91. The third-order valence-corrected chi connectivity index (χ3v) is 5.37. The van der Waals surface area contributed by atoms with Gasteiger partial charge in [0.05, 0.1) is 18.6 Å². The molecule has 0 saturated carbocycles. The molecule has 1 aromatic rings. The Balaban J connectivity index is 1.87. The third kappa shape index (κ3) is 3.05. The Kier molecular flexibility index (Phi) is 4.90. The number of benzene rings is 1. The van der Waals surface area contributed by atoms with Gasteiger partial charge >= 0.3 is 0 Å². The molecule has 1 N–H and O–H groups in total. The molecule has 1 aromatic carbocycles. The Morgan fingerprint density at radius 3 is 2.79 bits per heavy atom. The minimum absolute atomic E-state index is 0.0168. The Morgan fingerprint density at radius 2 is 2.04 bits per heavy atom. The summed E-state index contributed by atoms with van der Waals surface area (Å²) in [4.78, 5) is 27.0. The monoisotopic (exact) mass is 330 g/mol. The van der Waals surface area contributed by atoms with Crippen LogP contribution in [0.25, 0.3) is 0 Å². The average Bonchev–Trinajstić information content (AvgIpc) is 3.20. The predicted molar refractivity (Wildman–Crippen MR) is 92.0 cm³/mol. The summed E-state index contributed by atoms with van der Waals surface area (Å²) in [5.41, 5.74) is 2.85. The maximum Gasteiger partial charge on any atom is 0.254 e. The van der Waals surface area contributed by atoms with Gasteiger partial charge in [-0.15, -0.1) is 0 Å². The fourth-order valence-corrected chi connectivity index (χ4v) is 4.16. The summed E-state index contributed by atoms with van der Waals surface area (Å²) >= 11 is 0. The zero-order valence-corrected chi connectivity index (χ0v) is 14.6. The number of aryl methyl sites for hydroxylation is 2. The van der Waals surface area contributed by atoms with Crippen molar-refractivity contribution >= 4 is 11.8 Å². The van der Waals surface area contributed by atoms with Gasteiger partial charge < -0.3 is 15.0 Å². The van der Waals surface area contributed by atoms with Crippen molar-refractivity contribution in [2.45, 2.75) is 44.1 Å². The Bertz CT molecular complexity index is 643. The molecule has 1 atom stereocenters. The molecule has 0 unspecified atom stereocenters. The van der Waals surface area contributed by atoms with Crippen molar-refractivity contribution in [2.24, 2.45) is 0 Å². The molecule has 0 bridgehead atoms. The highest BCUT2D eigenvalue weighted by molar-refractivity contribution is 5.95. The molecule has 2 aliphatic rings. The van der Waals surface area contributed by atoms with Gasteiger partial charge in [-0.25, -0.2) is 0 Å². The largest absolute Gasteiger partial charge is 0.382 e. The number of amides is 2. The number of rotatable bonds is 5. The summed E-state index contributed by atoms with van der Waals surface area (Å²) in [7, 11) is 3.26. The molecule has 130 valence electrons. The second-order valence-corrected chi connectivity index (χ2v) is 6.90. The summed E-state index contributed by atoms with van der Waals surface area (Å²) in [5.74, 6) is -0.0381. The molecule has 0 aromatic heterocycles. The van der Waals surface area contributed by atoms with E-state index in [1.54, 1.807) is 14.2 Å². The minimum atomic E-state index is -0.537. The summed E-state index contributed by atoms with van der Waals surface area (Å²) in [5, 5.41) is 2.68. The summed E-state index contributed by atoms with van der Waals surface area (Å²) in [6, 6.07) is 6.06. The Hall–Kier alpha value is -1.88. The first-order valence-electron chi connectivity index (χ1n) is 8.73. The number of fused-ring (bicyclic) bond motifs is 1. The smallest absolute Gasteiger partial charge is 0.254 e. The first-order valence-corrected chi connectivity index (χ1v) is 8.73. The van der Waals surface area contributed by atoms with Crippen LogP contribution in [0.5, 0.6) is 0 Å². The average molecular weight is 330 g/mol. The first kappa shape index (κ1) is 17.0. The van der Waals surface area contributed by atoms with E-state index in [1.165, 1.54) is 17.5 Å². The van der Waals surface area contributed by atoms with Gasteiger partial charge in [-0.1, -0.05) is 6.07 Å². The van der Waals surface area contributed by atoms with Crippen molar-refractivity contribution in [1.29, 1.82) is 0 Å². The van der Waals surface area contributed by atoms with Crippen molar-refractivity contribution in [3.05, 3.63) is 34.9 Å². The van der Waals surface area contributed by atoms with Gasteiger partial charge in [-0.05, 0) is 55.4 Å². The zero-order valence-electron chi connectivity index (χ0n) is 14.6. The van der Waals surface area contributed by atoms with Gasteiger partial charge in [0.2, 0.25) is 5.91 Å². The molecular formula is C19H26N2O3. The number of nitrogens with zero attached hydrogens (tertiary/aromatic N) is 1. The minimum Gasteiger partial charge on any atom is -0.382 e. The van der Waals surface area contributed by atoms with Crippen LogP contribution < -0.4 is 5.32 Å². The van der Waals surface area contributed by atoms with Crippen molar-refractivity contribution in [1.82, 2.24) is 10.2 Å². The number of carbonyl (C=O) groups is 2. The van der Waals surface area contributed by atoms with E-state index in [2.05, 4.69) is 11.4 Å². The van der Waals surface area contributed by atoms with E-state index < -0.39 is 5.54 Å². The highest BCUT2D eigenvalue weighted by Crippen LogP contribution is 2.35. The van der Waals surface area contributed by atoms with E-state index >= 15 is 0 Å². The van der Waals surface area contributed by atoms with Crippen molar-refractivity contribution < 1.29 is 14.3 Å². The molecule has 3 rings (SSSR count). The molecule has 1 fully saturated rings. The van der Waals surface area contributed by atoms with Crippen LogP contribution in [-0.2, 0) is 22.4 Å². The van der Waals surface area contributed by atoms with Crippen LogP contribution in [0, 0.1) is 0 Å². The second-order valence-electron chi connectivity index (χ2n) is 6.90. The molecule has 1 aliphatic carbocycles. The molecule has 24 heavy (non-hydrogen) atoms. The molecule has 1 heterocycles. The number of ether oxygens (including phenoxy) is 1.